The first-order valence-corrected chi connectivity index (χ1v) is 8.03. The number of nitrogens with one attached hydrogen (secondary N) is 2. The van der Waals surface area contributed by atoms with Crippen LogP contribution in [0.3, 0.4) is 0 Å². The first-order chi connectivity index (χ1) is 11.3. The van der Waals surface area contributed by atoms with Crippen LogP contribution >= 0.6 is 12.4 Å². The molecule has 1 atom stereocenters. The lowest BCUT2D eigenvalue weighted by molar-refractivity contribution is -0.135. The van der Waals surface area contributed by atoms with Gasteiger partial charge in [0.05, 0.1) is 0 Å². The number of hydrogen-bond acceptors (Lipinski definition) is 4. The summed E-state index contributed by atoms with van der Waals surface area (Å²) in [6.45, 7) is 3.52. The Morgan fingerprint density at radius 3 is 2.72 bits per heavy atom. The smallest absolute Gasteiger partial charge is 0.325 e. The quantitative estimate of drug-likeness (QED) is 0.680. The van der Waals surface area contributed by atoms with Crippen LogP contribution in [0.25, 0.3) is 0 Å². The van der Waals surface area contributed by atoms with E-state index in [-0.39, 0.29) is 31.4 Å². The van der Waals surface area contributed by atoms with Crippen LogP contribution in [0.2, 0.25) is 0 Å². The molecule has 1 saturated heterocycles. The van der Waals surface area contributed by atoms with E-state index in [0.29, 0.717) is 6.42 Å². The summed E-state index contributed by atoms with van der Waals surface area (Å²) in [5.41, 5.74) is 5.86. The summed E-state index contributed by atoms with van der Waals surface area (Å²) in [5, 5.41) is 5.53. The first kappa shape index (κ1) is 19.2. The highest BCUT2D eigenvalue weighted by molar-refractivity contribution is 6.09. The average molecular weight is 367 g/mol. The molecule has 0 bridgehead atoms. The molecule has 0 saturated carbocycles. The summed E-state index contributed by atoms with van der Waals surface area (Å²) in [6.07, 6.45) is 1.24. The number of imide groups is 1. The van der Waals surface area contributed by atoms with E-state index in [1.54, 1.807) is 13.8 Å². The summed E-state index contributed by atoms with van der Waals surface area (Å²) in [7, 11) is 0. The molecular formula is C17H23ClN4O3. The van der Waals surface area contributed by atoms with Crippen molar-refractivity contribution < 1.29 is 14.4 Å². The van der Waals surface area contributed by atoms with Crippen molar-refractivity contribution in [1.29, 1.82) is 0 Å². The van der Waals surface area contributed by atoms with E-state index in [9.17, 15) is 14.4 Å². The number of aryl methyl sites for hydroxylation is 1. The van der Waals surface area contributed by atoms with Crippen molar-refractivity contribution >= 4 is 30.3 Å². The Balaban J connectivity index is 0.00000225. The fourth-order valence-corrected chi connectivity index (χ4v) is 3.34. The lowest BCUT2D eigenvalue weighted by Gasteiger charge is -2.26. The van der Waals surface area contributed by atoms with Gasteiger partial charge in [-0.2, -0.15) is 0 Å². The van der Waals surface area contributed by atoms with E-state index in [4.69, 9.17) is 5.73 Å². The number of amides is 4. The van der Waals surface area contributed by atoms with Crippen LogP contribution in [0.4, 0.5) is 4.79 Å². The van der Waals surface area contributed by atoms with Crippen LogP contribution in [0.15, 0.2) is 24.3 Å². The largest absolute Gasteiger partial charge is 0.348 e. The maximum atomic E-state index is 12.9. The van der Waals surface area contributed by atoms with Gasteiger partial charge in [-0.25, -0.2) is 4.79 Å². The topological polar surface area (TPSA) is 105 Å². The number of urea groups is 1. The third-order valence-corrected chi connectivity index (χ3v) is 4.71. The van der Waals surface area contributed by atoms with Crippen LogP contribution in [0.1, 0.15) is 31.4 Å². The van der Waals surface area contributed by atoms with E-state index >= 15 is 0 Å². The summed E-state index contributed by atoms with van der Waals surface area (Å²) in [6, 6.07) is 7.06. The predicted octanol–water partition coefficient (Wildman–Crippen LogP) is 0.655. The van der Waals surface area contributed by atoms with Crippen LogP contribution in [0.5, 0.6) is 0 Å². The zero-order chi connectivity index (χ0) is 17.5. The molecule has 1 aliphatic heterocycles. The average Bonchev–Trinajstić information content (AvgIpc) is 3.01. The molecule has 1 fully saturated rings. The SMILES string of the molecule is CC(C)(CN)NC(=O)CN1C(=O)NC2(CCc3ccccc32)C1=O.Cl. The summed E-state index contributed by atoms with van der Waals surface area (Å²) in [5.74, 6) is -0.768. The van der Waals surface area contributed by atoms with Crippen LogP contribution in [-0.4, -0.2) is 41.4 Å². The molecule has 7 nitrogen and oxygen atoms in total. The highest BCUT2D eigenvalue weighted by Crippen LogP contribution is 2.41. The van der Waals surface area contributed by atoms with Crippen molar-refractivity contribution in [2.75, 3.05) is 13.1 Å². The van der Waals surface area contributed by atoms with Crippen molar-refractivity contribution in [2.45, 2.75) is 37.8 Å². The molecule has 0 radical (unpaired) electrons. The molecule has 136 valence electrons. The normalized spacial score (nSPS) is 21.8. The molecule has 1 unspecified atom stereocenters. The van der Waals surface area contributed by atoms with Crippen molar-refractivity contribution in [3.63, 3.8) is 0 Å². The summed E-state index contributed by atoms with van der Waals surface area (Å²) >= 11 is 0. The number of hydrogen-bond donors (Lipinski definition) is 3. The number of carbonyl (C=O) groups excluding carboxylic acids is 3. The number of nitrogens with two attached hydrogens (primary N) is 1. The minimum Gasteiger partial charge on any atom is -0.348 e. The second kappa shape index (κ2) is 6.65. The van der Waals surface area contributed by atoms with E-state index < -0.39 is 23.0 Å². The van der Waals surface area contributed by atoms with Crippen LogP contribution < -0.4 is 16.4 Å². The zero-order valence-corrected chi connectivity index (χ0v) is 15.1. The van der Waals surface area contributed by atoms with E-state index in [1.807, 2.05) is 24.3 Å². The van der Waals surface area contributed by atoms with Crippen molar-refractivity contribution in [3.05, 3.63) is 35.4 Å². The van der Waals surface area contributed by atoms with Gasteiger partial charge >= 0.3 is 6.03 Å². The Labute approximate surface area is 152 Å². The van der Waals surface area contributed by atoms with Gasteiger partial charge in [0.25, 0.3) is 5.91 Å². The van der Waals surface area contributed by atoms with E-state index in [1.165, 1.54) is 0 Å². The van der Waals surface area contributed by atoms with Gasteiger partial charge in [0.2, 0.25) is 5.91 Å². The molecular weight excluding hydrogens is 344 g/mol. The molecule has 8 heteroatoms. The molecule has 1 spiro atoms. The lowest BCUT2D eigenvalue weighted by atomic mass is 9.92. The number of fused-ring (bicyclic) bond motifs is 2. The molecule has 1 heterocycles. The highest BCUT2D eigenvalue weighted by Gasteiger charge is 2.55. The summed E-state index contributed by atoms with van der Waals surface area (Å²) in [4.78, 5) is 38.4. The van der Waals surface area contributed by atoms with Gasteiger partial charge < -0.3 is 16.4 Å². The zero-order valence-electron chi connectivity index (χ0n) is 14.3. The van der Waals surface area contributed by atoms with Gasteiger partial charge in [-0.1, -0.05) is 24.3 Å². The minimum atomic E-state index is -1.03. The van der Waals surface area contributed by atoms with E-state index in [0.717, 1.165) is 22.4 Å². The molecule has 3 rings (SSSR count). The Bertz CT molecular complexity index is 722. The Morgan fingerprint density at radius 2 is 2.04 bits per heavy atom. The lowest BCUT2D eigenvalue weighted by Crippen LogP contribution is -2.52. The van der Waals surface area contributed by atoms with Crippen molar-refractivity contribution in [2.24, 2.45) is 5.73 Å². The van der Waals surface area contributed by atoms with Crippen LogP contribution in [-0.2, 0) is 21.5 Å². The Kier molecular flexibility index (Phi) is 5.11. The van der Waals surface area contributed by atoms with Gasteiger partial charge in [-0.15, -0.1) is 12.4 Å². The maximum Gasteiger partial charge on any atom is 0.325 e. The Morgan fingerprint density at radius 1 is 1.36 bits per heavy atom. The second-order valence-corrected chi connectivity index (χ2v) is 7.02. The molecule has 4 amide bonds. The monoisotopic (exact) mass is 366 g/mol. The van der Waals surface area contributed by atoms with Gasteiger partial charge in [0.15, 0.2) is 0 Å². The van der Waals surface area contributed by atoms with Gasteiger partial charge in [-0.05, 0) is 37.8 Å². The summed E-state index contributed by atoms with van der Waals surface area (Å²) < 4.78 is 0. The third kappa shape index (κ3) is 3.21. The molecule has 1 aliphatic carbocycles. The fraction of sp³-hybridized carbons (Fsp3) is 0.471. The molecule has 4 N–H and O–H groups in total. The number of halogens is 1. The van der Waals surface area contributed by atoms with Crippen molar-refractivity contribution in [3.8, 4) is 0 Å². The standard InChI is InChI=1S/C17H22N4O3.ClH/c1-16(2,10-18)19-13(22)9-21-14(23)17(20-15(21)24)8-7-11-5-3-4-6-12(11)17;/h3-6H,7-10,18H2,1-2H3,(H,19,22)(H,20,24);1H. The molecule has 2 aliphatic rings. The third-order valence-electron chi connectivity index (χ3n) is 4.71. The van der Waals surface area contributed by atoms with Gasteiger partial charge in [0, 0.05) is 12.1 Å². The molecule has 25 heavy (non-hydrogen) atoms. The predicted molar refractivity (Wildman–Crippen MR) is 95.2 cm³/mol. The molecule has 1 aromatic rings. The fourth-order valence-electron chi connectivity index (χ4n) is 3.34. The number of carbonyl (C=O) groups is 3. The van der Waals surface area contributed by atoms with Crippen molar-refractivity contribution in [1.82, 2.24) is 15.5 Å². The van der Waals surface area contributed by atoms with Gasteiger partial charge in [0.1, 0.15) is 12.1 Å². The minimum absolute atomic E-state index is 0. The molecule has 0 aromatic heterocycles. The number of nitrogens with zero attached hydrogens (tertiary/aromatic N) is 1. The number of benzene rings is 1. The van der Waals surface area contributed by atoms with Gasteiger partial charge in [-0.3, -0.25) is 14.5 Å². The highest BCUT2D eigenvalue weighted by atomic mass is 35.5. The molecule has 1 aromatic carbocycles. The number of rotatable bonds is 4. The second-order valence-electron chi connectivity index (χ2n) is 7.02. The van der Waals surface area contributed by atoms with E-state index in [2.05, 4.69) is 10.6 Å². The first-order valence-electron chi connectivity index (χ1n) is 8.03. The van der Waals surface area contributed by atoms with Crippen LogP contribution in [0, 0.1) is 0 Å². The Hall–Kier alpha value is -2.12. The maximum absolute atomic E-state index is 12.9.